The molecular weight excluding hydrogens is 452 g/mol. The second-order valence-electron chi connectivity index (χ2n) is 7.13. The minimum Gasteiger partial charge on any atom is -0.493 e. The summed E-state index contributed by atoms with van der Waals surface area (Å²) in [6, 6.07) is 10.1. The van der Waals surface area contributed by atoms with E-state index in [9.17, 15) is 22.8 Å². The SMILES string of the molecule is COc1ccc(N2CCN(CC(=O)Nc3ccc(S(=O)(=O)NC(C)=O)cc3)C2=O)cc1OC. The van der Waals surface area contributed by atoms with Crippen LogP contribution in [0.2, 0.25) is 0 Å². The molecule has 176 valence electrons. The molecule has 4 amide bonds. The van der Waals surface area contributed by atoms with E-state index in [1.54, 1.807) is 18.2 Å². The molecule has 1 fully saturated rings. The second kappa shape index (κ2) is 9.77. The lowest BCUT2D eigenvalue weighted by molar-refractivity contribution is -0.117. The standard InChI is InChI=1S/C21H24N4O7S/c1-14(26)23-33(29,30)17-7-4-15(5-8-17)22-20(27)13-24-10-11-25(21(24)28)16-6-9-18(31-2)19(12-16)32-3/h4-9,12H,10-11,13H2,1-3H3,(H,22,27)(H,23,26). The lowest BCUT2D eigenvalue weighted by Crippen LogP contribution is -2.37. The lowest BCUT2D eigenvalue weighted by Gasteiger charge is -2.19. The molecule has 0 atom stereocenters. The van der Waals surface area contributed by atoms with E-state index < -0.39 is 21.8 Å². The molecule has 0 bridgehead atoms. The van der Waals surface area contributed by atoms with Gasteiger partial charge in [-0.1, -0.05) is 0 Å². The molecule has 11 nitrogen and oxygen atoms in total. The van der Waals surface area contributed by atoms with Gasteiger partial charge in [-0.05, 0) is 36.4 Å². The number of carbonyl (C=O) groups excluding carboxylic acids is 3. The van der Waals surface area contributed by atoms with Gasteiger partial charge in [-0.3, -0.25) is 14.5 Å². The topological polar surface area (TPSA) is 134 Å². The van der Waals surface area contributed by atoms with Crippen LogP contribution in [-0.4, -0.2) is 65.0 Å². The van der Waals surface area contributed by atoms with Gasteiger partial charge in [0.2, 0.25) is 11.8 Å². The summed E-state index contributed by atoms with van der Waals surface area (Å²) < 4.78 is 36.3. The Morgan fingerprint density at radius 1 is 1.00 bits per heavy atom. The minimum atomic E-state index is -3.96. The molecule has 0 saturated carbocycles. The van der Waals surface area contributed by atoms with Gasteiger partial charge < -0.3 is 19.7 Å². The van der Waals surface area contributed by atoms with Gasteiger partial charge in [0.25, 0.3) is 10.0 Å². The van der Waals surface area contributed by atoms with Crippen molar-refractivity contribution in [3.05, 3.63) is 42.5 Å². The number of benzene rings is 2. The summed E-state index contributed by atoms with van der Waals surface area (Å²) in [5.74, 6) is -0.109. The van der Waals surface area contributed by atoms with E-state index in [-0.39, 0.29) is 17.5 Å². The van der Waals surface area contributed by atoms with E-state index >= 15 is 0 Å². The van der Waals surface area contributed by atoms with Gasteiger partial charge in [-0.25, -0.2) is 17.9 Å². The number of amides is 4. The van der Waals surface area contributed by atoms with Crippen molar-refractivity contribution in [1.29, 1.82) is 0 Å². The van der Waals surface area contributed by atoms with E-state index in [2.05, 4.69) is 5.32 Å². The van der Waals surface area contributed by atoms with Crippen LogP contribution >= 0.6 is 0 Å². The van der Waals surface area contributed by atoms with Crippen molar-refractivity contribution in [3.63, 3.8) is 0 Å². The van der Waals surface area contributed by atoms with E-state index in [1.165, 1.54) is 48.3 Å². The summed E-state index contributed by atoms with van der Waals surface area (Å²) >= 11 is 0. The van der Waals surface area contributed by atoms with Gasteiger partial charge in [-0.15, -0.1) is 0 Å². The zero-order valence-electron chi connectivity index (χ0n) is 18.3. The van der Waals surface area contributed by atoms with Crippen molar-refractivity contribution in [2.75, 3.05) is 44.1 Å². The fourth-order valence-corrected chi connectivity index (χ4v) is 4.29. The fraction of sp³-hybridized carbons (Fsp3) is 0.286. The Bertz CT molecular complexity index is 1170. The van der Waals surface area contributed by atoms with Crippen LogP contribution in [0.15, 0.2) is 47.4 Å². The molecule has 1 saturated heterocycles. The molecule has 2 aromatic rings. The van der Waals surface area contributed by atoms with E-state index in [4.69, 9.17) is 9.47 Å². The maximum absolute atomic E-state index is 12.8. The summed E-state index contributed by atoms with van der Waals surface area (Å²) in [6.45, 7) is 1.68. The van der Waals surface area contributed by atoms with Gasteiger partial charge in [0, 0.05) is 37.5 Å². The van der Waals surface area contributed by atoms with Crippen LogP contribution in [0, 0.1) is 0 Å². The molecular formula is C21H24N4O7S. The number of carbonyl (C=O) groups is 3. The second-order valence-corrected chi connectivity index (χ2v) is 8.81. The Hall–Kier alpha value is -3.80. The van der Waals surface area contributed by atoms with Crippen LogP contribution in [0.4, 0.5) is 16.2 Å². The quantitative estimate of drug-likeness (QED) is 0.588. The number of nitrogens with zero attached hydrogens (tertiary/aromatic N) is 2. The van der Waals surface area contributed by atoms with Crippen LogP contribution in [0.3, 0.4) is 0 Å². The lowest BCUT2D eigenvalue weighted by atomic mass is 10.2. The van der Waals surface area contributed by atoms with E-state index in [0.717, 1.165) is 6.92 Å². The van der Waals surface area contributed by atoms with Crippen molar-refractivity contribution in [2.45, 2.75) is 11.8 Å². The number of hydrogen-bond donors (Lipinski definition) is 2. The van der Waals surface area contributed by atoms with Crippen LogP contribution in [0.5, 0.6) is 11.5 Å². The van der Waals surface area contributed by atoms with Gasteiger partial charge in [0.1, 0.15) is 6.54 Å². The number of ether oxygens (including phenoxy) is 2. The monoisotopic (exact) mass is 476 g/mol. The third-order valence-corrected chi connectivity index (χ3v) is 6.28. The molecule has 2 N–H and O–H groups in total. The van der Waals surface area contributed by atoms with Gasteiger partial charge in [0.15, 0.2) is 11.5 Å². The first-order valence-electron chi connectivity index (χ1n) is 9.86. The number of anilines is 2. The Morgan fingerprint density at radius 3 is 2.27 bits per heavy atom. The Morgan fingerprint density at radius 2 is 1.67 bits per heavy atom. The molecule has 0 radical (unpaired) electrons. The molecule has 3 rings (SSSR count). The number of hydrogen-bond acceptors (Lipinski definition) is 7. The Kier molecular flexibility index (Phi) is 7.07. The maximum atomic E-state index is 12.8. The summed E-state index contributed by atoms with van der Waals surface area (Å²) in [4.78, 5) is 39.1. The molecule has 33 heavy (non-hydrogen) atoms. The smallest absolute Gasteiger partial charge is 0.325 e. The average molecular weight is 477 g/mol. The largest absolute Gasteiger partial charge is 0.493 e. The van der Waals surface area contributed by atoms with E-state index in [0.29, 0.717) is 36.0 Å². The number of urea groups is 1. The summed E-state index contributed by atoms with van der Waals surface area (Å²) in [6.07, 6.45) is 0. The van der Waals surface area contributed by atoms with Crippen molar-refractivity contribution in [1.82, 2.24) is 9.62 Å². The maximum Gasteiger partial charge on any atom is 0.325 e. The highest BCUT2D eigenvalue weighted by Crippen LogP contribution is 2.32. The van der Waals surface area contributed by atoms with Gasteiger partial charge >= 0.3 is 6.03 Å². The first-order chi connectivity index (χ1) is 15.6. The van der Waals surface area contributed by atoms with Crippen LogP contribution in [-0.2, 0) is 19.6 Å². The first kappa shape index (κ1) is 23.9. The molecule has 0 spiro atoms. The molecule has 0 aromatic heterocycles. The normalized spacial score (nSPS) is 13.6. The summed E-state index contributed by atoms with van der Waals surface area (Å²) in [7, 11) is -0.932. The van der Waals surface area contributed by atoms with Crippen molar-refractivity contribution in [3.8, 4) is 11.5 Å². The predicted molar refractivity (Wildman–Crippen MR) is 120 cm³/mol. The number of methoxy groups -OCH3 is 2. The third kappa shape index (κ3) is 5.52. The minimum absolute atomic E-state index is 0.115. The molecule has 1 aliphatic rings. The molecule has 1 aliphatic heterocycles. The average Bonchev–Trinajstić information content (AvgIpc) is 3.12. The van der Waals surface area contributed by atoms with Crippen molar-refractivity contribution < 1.29 is 32.3 Å². The molecule has 2 aromatic carbocycles. The van der Waals surface area contributed by atoms with Crippen molar-refractivity contribution >= 4 is 39.2 Å². The molecule has 0 unspecified atom stereocenters. The van der Waals surface area contributed by atoms with Crippen LogP contribution in [0.1, 0.15) is 6.92 Å². The molecule has 1 heterocycles. The molecule has 12 heteroatoms. The Labute approximate surface area is 191 Å². The Balaban J connectivity index is 1.61. The predicted octanol–water partition coefficient (Wildman–Crippen LogP) is 1.41. The third-order valence-electron chi connectivity index (χ3n) is 4.83. The summed E-state index contributed by atoms with van der Waals surface area (Å²) in [5.41, 5.74) is 0.974. The number of nitrogens with one attached hydrogen (secondary N) is 2. The van der Waals surface area contributed by atoms with Gasteiger partial charge in [0.05, 0.1) is 19.1 Å². The van der Waals surface area contributed by atoms with Crippen LogP contribution < -0.4 is 24.4 Å². The van der Waals surface area contributed by atoms with Gasteiger partial charge in [-0.2, -0.15) is 0 Å². The highest BCUT2D eigenvalue weighted by molar-refractivity contribution is 7.90. The highest BCUT2D eigenvalue weighted by Gasteiger charge is 2.31. The zero-order valence-corrected chi connectivity index (χ0v) is 19.1. The summed E-state index contributed by atoms with van der Waals surface area (Å²) in [5, 5.41) is 2.63. The first-order valence-corrected chi connectivity index (χ1v) is 11.3. The van der Waals surface area contributed by atoms with Crippen LogP contribution in [0.25, 0.3) is 0 Å². The zero-order chi connectivity index (χ0) is 24.2. The fourth-order valence-electron chi connectivity index (χ4n) is 3.30. The molecule has 0 aliphatic carbocycles. The number of rotatable bonds is 8. The highest BCUT2D eigenvalue weighted by atomic mass is 32.2. The van der Waals surface area contributed by atoms with Crippen molar-refractivity contribution in [2.24, 2.45) is 0 Å². The number of sulfonamides is 1. The van der Waals surface area contributed by atoms with E-state index in [1.807, 2.05) is 4.72 Å².